The maximum absolute atomic E-state index is 11.0. The van der Waals surface area contributed by atoms with Crippen molar-refractivity contribution < 1.29 is 9.63 Å². The summed E-state index contributed by atoms with van der Waals surface area (Å²) >= 11 is 0. The highest BCUT2D eigenvalue weighted by atomic mass is 16.6. The summed E-state index contributed by atoms with van der Waals surface area (Å²) in [5.41, 5.74) is 1.52. The number of aliphatic imine (C=N–C) groups is 1. The smallest absolute Gasteiger partial charge is 0.198 e. The van der Waals surface area contributed by atoms with E-state index in [1.54, 1.807) is 18.3 Å². The van der Waals surface area contributed by atoms with Gasteiger partial charge in [0.2, 0.25) is 0 Å². The largest absolute Gasteiger partial charge is 0.388 e. The third kappa shape index (κ3) is 2.10. The number of Topliss-reactive ketones (excluding diaryl/α,β-unsaturated/α-hetero) is 1. The van der Waals surface area contributed by atoms with Gasteiger partial charge in [0.25, 0.3) is 0 Å². The van der Waals surface area contributed by atoms with E-state index in [0.29, 0.717) is 18.0 Å². The summed E-state index contributed by atoms with van der Waals surface area (Å²) < 4.78 is 0. The summed E-state index contributed by atoms with van der Waals surface area (Å²) in [4.78, 5) is 20.0. The number of hydrogen-bond donors (Lipinski definition) is 0. The second-order valence-electron chi connectivity index (χ2n) is 3.16. The summed E-state index contributed by atoms with van der Waals surface area (Å²) in [5, 5.41) is 3.81. The van der Waals surface area contributed by atoms with Gasteiger partial charge in [-0.15, -0.1) is 0 Å². The lowest BCUT2D eigenvalue weighted by molar-refractivity contribution is 0.101. The van der Waals surface area contributed by atoms with Crippen LogP contribution >= 0.6 is 0 Å². The SMILES string of the molecule is CC(=O)c1ccc(C2=NOCC=N2)cc1. The highest BCUT2D eigenvalue weighted by Gasteiger charge is 2.06. The lowest BCUT2D eigenvalue weighted by atomic mass is 10.1. The predicted molar refractivity (Wildman–Crippen MR) is 57.4 cm³/mol. The fourth-order valence-corrected chi connectivity index (χ4v) is 1.26. The van der Waals surface area contributed by atoms with Gasteiger partial charge in [-0.2, -0.15) is 0 Å². The number of ketones is 1. The standard InChI is InChI=1S/C11H10N2O2/c1-8(14)9-2-4-10(5-3-9)11-12-6-7-15-13-11/h2-6H,7H2,1H3. The molecule has 0 atom stereocenters. The van der Waals surface area contributed by atoms with Crippen LogP contribution in [0.3, 0.4) is 0 Å². The topological polar surface area (TPSA) is 51.0 Å². The lowest BCUT2D eigenvalue weighted by Crippen LogP contribution is -2.06. The van der Waals surface area contributed by atoms with E-state index in [0.717, 1.165) is 5.56 Å². The van der Waals surface area contributed by atoms with Crippen molar-refractivity contribution in [2.45, 2.75) is 6.92 Å². The van der Waals surface area contributed by atoms with Crippen molar-refractivity contribution in [2.24, 2.45) is 10.1 Å². The van der Waals surface area contributed by atoms with E-state index in [1.807, 2.05) is 12.1 Å². The Morgan fingerprint density at radius 1 is 1.33 bits per heavy atom. The van der Waals surface area contributed by atoms with Gasteiger partial charge >= 0.3 is 0 Å². The van der Waals surface area contributed by atoms with Crippen molar-refractivity contribution in [1.82, 2.24) is 0 Å². The van der Waals surface area contributed by atoms with Crippen molar-refractivity contribution in [3.63, 3.8) is 0 Å². The van der Waals surface area contributed by atoms with E-state index in [4.69, 9.17) is 4.84 Å². The van der Waals surface area contributed by atoms with Gasteiger partial charge in [-0.25, -0.2) is 4.99 Å². The number of hydrogen-bond acceptors (Lipinski definition) is 4. The van der Waals surface area contributed by atoms with Gasteiger partial charge in [0.05, 0.1) is 0 Å². The molecule has 4 heteroatoms. The molecule has 0 unspecified atom stereocenters. The summed E-state index contributed by atoms with van der Waals surface area (Å²) in [6.45, 7) is 1.95. The number of oxime groups is 1. The van der Waals surface area contributed by atoms with Crippen molar-refractivity contribution in [1.29, 1.82) is 0 Å². The molecule has 0 radical (unpaired) electrons. The molecule has 0 bridgehead atoms. The van der Waals surface area contributed by atoms with E-state index >= 15 is 0 Å². The van der Waals surface area contributed by atoms with Crippen molar-refractivity contribution >= 4 is 17.8 Å². The Hall–Kier alpha value is -1.97. The fourth-order valence-electron chi connectivity index (χ4n) is 1.26. The zero-order valence-electron chi connectivity index (χ0n) is 8.30. The Labute approximate surface area is 87.3 Å². The van der Waals surface area contributed by atoms with Crippen LogP contribution in [0.5, 0.6) is 0 Å². The molecular weight excluding hydrogens is 192 g/mol. The van der Waals surface area contributed by atoms with E-state index in [9.17, 15) is 4.79 Å². The molecule has 0 fully saturated rings. The van der Waals surface area contributed by atoms with Crippen molar-refractivity contribution in [2.75, 3.05) is 6.61 Å². The molecule has 1 aliphatic heterocycles. The average molecular weight is 202 g/mol. The molecule has 0 aliphatic carbocycles. The minimum absolute atomic E-state index is 0.0480. The van der Waals surface area contributed by atoms with E-state index in [2.05, 4.69) is 10.1 Å². The molecule has 0 aromatic heterocycles. The van der Waals surface area contributed by atoms with E-state index < -0.39 is 0 Å². The molecule has 1 heterocycles. The maximum Gasteiger partial charge on any atom is 0.198 e. The molecule has 4 nitrogen and oxygen atoms in total. The van der Waals surface area contributed by atoms with Crippen LogP contribution < -0.4 is 0 Å². The van der Waals surface area contributed by atoms with Gasteiger partial charge in [-0.05, 0) is 6.92 Å². The molecule has 0 saturated heterocycles. The average Bonchev–Trinajstić information content (AvgIpc) is 2.30. The van der Waals surface area contributed by atoms with E-state index in [1.165, 1.54) is 6.92 Å². The molecule has 1 aromatic rings. The van der Waals surface area contributed by atoms with Crippen LogP contribution in [0.15, 0.2) is 34.4 Å². The van der Waals surface area contributed by atoms with Gasteiger partial charge in [-0.1, -0.05) is 29.4 Å². The van der Waals surface area contributed by atoms with Crippen LogP contribution in [0.1, 0.15) is 22.8 Å². The number of carbonyl (C=O) groups excluding carboxylic acids is 1. The Kier molecular flexibility index (Phi) is 2.58. The number of nitrogens with zero attached hydrogens (tertiary/aromatic N) is 2. The van der Waals surface area contributed by atoms with Crippen LogP contribution in [0.4, 0.5) is 0 Å². The third-order valence-corrected chi connectivity index (χ3v) is 2.06. The maximum atomic E-state index is 11.0. The van der Waals surface area contributed by atoms with Gasteiger partial charge in [0.15, 0.2) is 18.2 Å². The highest BCUT2D eigenvalue weighted by molar-refractivity contribution is 6.04. The normalized spacial score (nSPS) is 14.3. The quantitative estimate of drug-likeness (QED) is 0.685. The summed E-state index contributed by atoms with van der Waals surface area (Å²) in [6, 6.07) is 7.12. The van der Waals surface area contributed by atoms with Gasteiger partial charge < -0.3 is 4.84 Å². The number of carbonyl (C=O) groups is 1. The molecule has 1 aliphatic rings. The number of benzene rings is 1. The third-order valence-electron chi connectivity index (χ3n) is 2.06. The van der Waals surface area contributed by atoms with Crippen LogP contribution in [0.2, 0.25) is 0 Å². The van der Waals surface area contributed by atoms with Gasteiger partial charge in [0.1, 0.15) is 0 Å². The van der Waals surface area contributed by atoms with Crippen LogP contribution in [0, 0.1) is 0 Å². The Morgan fingerprint density at radius 2 is 2.07 bits per heavy atom. The van der Waals surface area contributed by atoms with Crippen molar-refractivity contribution in [3.8, 4) is 0 Å². The molecule has 1 aromatic carbocycles. The van der Waals surface area contributed by atoms with Crippen LogP contribution in [-0.2, 0) is 4.84 Å². The zero-order valence-corrected chi connectivity index (χ0v) is 8.30. The first-order valence-corrected chi connectivity index (χ1v) is 4.61. The Bertz CT molecular complexity index is 432. The number of amidine groups is 1. The number of rotatable bonds is 2. The second-order valence-corrected chi connectivity index (χ2v) is 3.16. The fraction of sp³-hybridized carbons (Fsp3) is 0.182. The molecule has 0 spiro atoms. The zero-order chi connectivity index (χ0) is 10.7. The summed E-state index contributed by atoms with van der Waals surface area (Å²) in [7, 11) is 0. The van der Waals surface area contributed by atoms with E-state index in [-0.39, 0.29) is 5.78 Å². The molecule has 0 saturated carbocycles. The second kappa shape index (κ2) is 4.04. The first-order chi connectivity index (χ1) is 7.27. The summed E-state index contributed by atoms with van der Waals surface area (Å²) in [6.07, 6.45) is 1.65. The molecule has 15 heavy (non-hydrogen) atoms. The lowest BCUT2D eigenvalue weighted by Gasteiger charge is -2.05. The molecule has 0 N–H and O–H groups in total. The predicted octanol–water partition coefficient (Wildman–Crippen LogP) is 1.65. The molecule has 2 rings (SSSR count). The van der Waals surface area contributed by atoms with Crippen molar-refractivity contribution in [3.05, 3.63) is 35.4 Å². The van der Waals surface area contributed by atoms with Gasteiger partial charge in [0, 0.05) is 17.3 Å². The van der Waals surface area contributed by atoms with Crippen LogP contribution in [-0.4, -0.2) is 24.4 Å². The Balaban J connectivity index is 2.27. The molecule has 0 amide bonds. The monoisotopic (exact) mass is 202 g/mol. The molecular formula is C11H10N2O2. The van der Waals surface area contributed by atoms with Crippen LogP contribution in [0.25, 0.3) is 0 Å². The minimum atomic E-state index is 0.0480. The van der Waals surface area contributed by atoms with Gasteiger partial charge in [-0.3, -0.25) is 4.79 Å². The highest BCUT2D eigenvalue weighted by Crippen LogP contribution is 2.08. The first kappa shape index (κ1) is 9.58. The first-order valence-electron chi connectivity index (χ1n) is 4.61. The molecule has 76 valence electrons. The Morgan fingerprint density at radius 3 is 2.60 bits per heavy atom. The minimum Gasteiger partial charge on any atom is -0.388 e. The summed E-state index contributed by atoms with van der Waals surface area (Å²) in [5.74, 6) is 0.586.